The van der Waals surface area contributed by atoms with E-state index in [0.717, 1.165) is 48.5 Å². The molecule has 2 fully saturated rings. The summed E-state index contributed by atoms with van der Waals surface area (Å²) < 4.78 is 30.9. The van der Waals surface area contributed by atoms with E-state index in [1.165, 1.54) is 5.69 Å². The number of fused-ring (bicyclic) bond motifs is 2. The minimum Gasteiger partial charge on any atom is -0.356 e. The summed E-state index contributed by atoms with van der Waals surface area (Å²) >= 11 is 0. The highest BCUT2D eigenvalue weighted by molar-refractivity contribution is 5.94. The Bertz CT molecular complexity index is 1270. The number of piperidine rings is 1. The van der Waals surface area contributed by atoms with E-state index in [-0.39, 0.29) is 11.9 Å². The number of alkyl halides is 2. The molecule has 8 nitrogen and oxygen atoms in total. The summed E-state index contributed by atoms with van der Waals surface area (Å²) in [4.78, 5) is 24.1. The first-order valence-corrected chi connectivity index (χ1v) is 12.3. The van der Waals surface area contributed by atoms with Gasteiger partial charge in [0.1, 0.15) is 5.82 Å². The summed E-state index contributed by atoms with van der Waals surface area (Å²) in [5.41, 5.74) is 4.60. The summed E-state index contributed by atoms with van der Waals surface area (Å²) in [7, 11) is 1.97. The number of aromatic nitrogens is 5. The third kappa shape index (κ3) is 3.79. The largest absolute Gasteiger partial charge is 0.356 e. The van der Waals surface area contributed by atoms with Crippen LogP contribution in [0.15, 0.2) is 30.9 Å². The van der Waals surface area contributed by atoms with E-state index in [1.54, 1.807) is 23.4 Å². The predicted molar refractivity (Wildman–Crippen MR) is 125 cm³/mol. The van der Waals surface area contributed by atoms with Crippen molar-refractivity contribution in [1.29, 1.82) is 0 Å². The molecule has 0 radical (unpaired) electrons. The molecular formula is C25H29F2N7O. The number of hydrogen-bond acceptors (Lipinski definition) is 5. The highest BCUT2D eigenvalue weighted by atomic mass is 19.3. The molecule has 1 aliphatic heterocycles. The molecule has 10 heteroatoms. The fourth-order valence-electron chi connectivity index (χ4n) is 5.60. The molecule has 35 heavy (non-hydrogen) atoms. The molecule has 0 spiro atoms. The summed E-state index contributed by atoms with van der Waals surface area (Å²) in [6.45, 7) is 3.32. The fraction of sp³-hybridized carbons (Fsp3) is 0.520. The quantitative estimate of drug-likeness (QED) is 0.561. The van der Waals surface area contributed by atoms with Gasteiger partial charge in [-0.1, -0.05) is 19.4 Å². The van der Waals surface area contributed by atoms with Crippen LogP contribution in [0.3, 0.4) is 0 Å². The van der Waals surface area contributed by atoms with E-state index in [2.05, 4.69) is 22.3 Å². The van der Waals surface area contributed by atoms with E-state index in [1.807, 2.05) is 28.6 Å². The zero-order chi connectivity index (χ0) is 24.3. The molecule has 3 atom stereocenters. The second-order valence-electron chi connectivity index (χ2n) is 10.00. The maximum absolute atomic E-state index is 13.6. The number of hydrogen-bond donors (Lipinski definition) is 1. The predicted octanol–water partition coefficient (Wildman–Crippen LogP) is 3.13. The van der Waals surface area contributed by atoms with Crippen LogP contribution in [-0.2, 0) is 26.4 Å². The highest BCUT2D eigenvalue weighted by Gasteiger charge is 2.71. The SMILES string of the molecule is CCCc1nc(N2CC3C(C2)C3(F)F)ccc1Cn1cc(C(=O)N[C@@H]2CCc3c2ncn3C)cn1. The number of nitrogens with zero attached hydrogens (tertiary/aromatic N) is 6. The maximum atomic E-state index is 13.6. The summed E-state index contributed by atoms with van der Waals surface area (Å²) in [5.74, 6) is -2.94. The fourth-order valence-corrected chi connectivity index (χ4v) is 5.60. The van der Waals surface area contributed by atoms with Crippen molar-refractivity contribution in [3.63, 3.8) is 0 Å². The molecule has 1 N–H and O–H groups in total. The Hall–Kier alpha value is -3.30. The summed E-state index contributed by atoms with van der Waals surface area (Å²) in [6, 6.07) is 3.85. The Morgan fingerprint density at radius 2 is 2.06 bits per heavy atom. The van der Waals surface area contributed by atoms with Gasteiger partial charge in [0.25, 0.3) is 11.8 Å². The summed E-state index contributed by atoms with van der Waals surface area (Å²) in [6.07, 6.45) is 8.60. The number of aryl methyl sites for hydroxylation is 2. The van der Waals surface area contributed by atoms with Gasteiger partial charge in [-0.05, 0) is 30.9 Å². The molecule has 2 aliphatic carbocycles. The number of carbonyl (C=O) groups excluding carboxylic acids is 1. The molecule has 3 aromatic rings. The van der Waals surface area contributed by atoms with Crippen LogP contribution in [-0.4, -0.2) is 49.2 Å². The van der Waals surface area contributed by atoms with E-state index in [4.69, 9.17) is 4.98 Å². The standard InChI is InChI=1S/C25H29F2N7O/c1-3-4-19-15(5-8-22(30-19)33-12-17-18(13-33)25(17,26)27)10-34-11-16(9-29-34)24(35)31-20-6-7-21-23(20)28-14-32(21)2/h5,8-9,11,14,17-18,20H,3-4,6-7,10,12-13H2,1-2H3,(H,31,35)/t17?,18?,20-/m1/s1. The van der Waals surface area contributed by atoms with Gasteiger partial charge < -0.3 is 14.8 Å². The Balaban J connectivity index is 1.13. The molecule has 3 aromatic heterocycles. The van der Waals surface area contributed by atoms with Crippen molar-refractivity contribution in [1.82, 2.24) is 29.6 Å². The van der Waals surface area contributed by atoms with Crippen molar-refractivity contribution in [3.8, 4) is 0 Å². The Morgan fingerprint density at radius 3 is 2.83 bits per heavy atom. The summed E-state index contributed by atoms with van der Waals surface area (Å²) in [5, 5.41) is 7.49. The van der Waals surface area contributed by atoms with Crippen molar-refractivity contribution >= 4 is 11.7 Å². The van der Waals surface area contributed by atoms with Gasteiger partial charge in [-0.15, -0.1) is 0 Å². The first-order valence-electron chi connectivity index (χ1n) is 12.3. The van der Waals surface area contributed by atoms with E-state index in [9.17, 15) is 13.6 Å². The van der Waals surface area contributed by atoms with Crippen LogP contribution in [0.2, 0.25) is 0 Å². The van der Waals surface area contributed by atoms with Gasteiger partial charge in [-0.2, -0.15) is 5.10 Å². The molecule has 1 amide bonds. The molecule has 1 saturated carbocycles. The Morgan fingerprint density at radius 1 is 1.26 bits per heavy atom. The number of amides is 1. The zero-order valence-corrected chi connectivity index (χ0v) is 19.9. The molecule has 6 rings (SSSR count). The number of imidazole rings is 1. The minimum atomic E-state index is -2.50. The lowest BCUT2D eigenvalue weighted by atomic mass is 10.1. The van der Waals surface area contributed by atoms with Crippen molar-refractivity contribution in [2.45, 2.75) is 51.1 Å². The van der Waals surface area contributed by atoms with E-state index >= 15 is 0 Å². The first-order chi connectivity index (χ1) is 16.8. The number of anilines is 1. The van der Waals surface area contributed by atoms with Gasteiger partial charge in [-0.3, -0.25) is 9.48 Å². The Kier molecular flexibility index (Phi) is 5.16. The van der Waals surface area contributed by atoms with Gasteiger partial charge in [0, 0.05) is 37.7 Å². The van der Waals surface area contributed by atoms with Gasteiger partial charge in [0.15, 0.2) is 0 Å². The second-order valence-corrected chi connectivity index (χ2v) is 10.00. The number of pyridine rings is 1. The highest BCUT2D eigenvalue weighted by Crippen LogP contribution is 2.59. The van der Waals surface area contributed by atoms with Crippen LogP contribution < -0.4 is 10.2 Å². The first kappa shape index (κ1) is 22.2. The molecule has 0 aromatic carbocycles. The topological polar surface area (TPSA) is 80.9 Å². The van der Waals surface area contributed by atoms with Crippen molar-refractivity contribution in [3.05, 3.63) is 59.1 Å². The molecule has 184 valence electrons. The van der Waals surface area contributed by atoms with Gasteiger partial charge in [0.2, 0.25) is 0 Å². The number of rotatable bonds is 7. The molecule has 1 saturated heterocycles. The molecule has 4 heterocycles. The minimum absolute atomic E-state index is 0.0773. The molecule has 0 bridgehead atoms. The monoisotopic (exact) mass is 481 g/mol. The van der Waals surface area contributed by atoms with Gasteiger partial charge >= 0.3 is 0 Å². The lowest BCUT2D eigenvalue weighted by Crippen LogP contribution is -2.28. The van der Waals surface area contributed by atoms with Crippen molar-refractivity contribution in [2.24, 2.45) is 18.9 Å². The lowest BCUT2D eigenvalue weighted by Gasteiger charge is -2.22. The molecular weight excluding hydrogens is 452 g/mol. The normalized spacial score (nSPS) is 23.9. The average molecular weight is 482 g/mol. The third-order valence-corrected chi connectivity index (χ3v) is 7.69. The maximum Gasteiger partial charge on any atom is 0.258 e. The van der Waals surface area contributed by atoms with Crippen LogP contribution in [0.4, 0.5) is 14.6 Å². The van der Waals surface area contributed by atoms with Gasteiger partial charge in [0.05, 0.1) is 48.2 Å². The van der Waals surface area contributed by atoms with Crippen molar-refractivity contribution in [2.75, 3.05) is 18.0 Å². The van der Waals surface area contributed by atoms with Crippen LogP contribution in [0.1, 0.15) is 58.8 Å². The second kappa shape index (κ2) is 8.13. The van der Waals surface area contributed by atoms with Crippen LogP contribution in [0.5, 0.6) is 0 Å². The zero-order valence-electron chi connectivity index (χ0n) is 19.9. The van der Waals surface area contributed by atoms with Crippen LogP contribution in [0, 0.1) is 11.8 Å². The van der Waals surface area contributed by atoms with Crippen LogP contribution in [0.25, 0.3) is 0 Å². The number of halogens is 2. The smallest absolute Gasteiger partial charge is 0.258 e. The van der Waals surface area contributed by atoms with E-state index < -0.39 is 17.8 Å². The van der Waals surface area contributed by atoms with Crippen LogP contribution >= 0.6 is 0 Å². The molecule has 2 unspecified atom stereocenters. The Labute approximate surface area is 202 Å². The number of carbonyl (C=O) groups is 1. The van der Waals surface area contributed by atoms with E-state index in [0.29, 0.717) is 25.2 Å². The molecule has 3 aliphatic rings. The lowest BCUT2D eigenvalue weighted by molar-refractivity contribution is 0.0796. The van der Waals surface area contributed by atoms with Crippen molar-refractivity contribution < 1.29 is 13.6 Å². The average Bonchev–Trinajstić information content (AvgIpc) is 3.47. The number of nitrogens with one attached hydrogen (secondary N) is 1. The van der Waals surface area contributed by atoms with Gasteiger partial charge in [-0.25, -0.2) is 18.7 Å². The third-order valence-electron chi connectivity index (χ3n) is 7.69.